The van der Waals surface area contributed by atoms with Crippen molar-refractivity contribution in [2.45, 2.75) is 0 Å². The van der Waals surface area contributed by atoms with Crippen LogP contribution in [0.4, 0.5) is 0 Å². The lowest BCUT2D eigenvalue weighted by molar-refractivity contribution is 1.77. The molecule has 0 aromatic heterocycles. The zero-order valence-corrected chi connectivity index (χ0v) is 7.93. The van der Waals surface area contributed by atoms with Crippen LogP contribution >= 0.6 is 0 Å². The van der Waals surface area contributed by atoms with Gasteiger partial charge in [0.1, 0.15) is 0 Å². The van der Waals surface area contributed by atoms with Crippen molar-refractivity contribution < 1.29 is 0 Å². The summed E-state index contributed by atoms with van der Waals surface area (Å²) in [6.45, 7) is 0. The molecule has 2 aliphatic carbocycles. The predicted molar refractivity (Wildman–Crippen MR) is 60.7 cm³/mol. The van der Waals surface area contributed by atoms with Gasteiger partial charge in [0.15, 0.2) is 0 Å². The SMILES string of the molecule is c1ccccc2cccc-2cccc1. The first kappa shape index (κ1) is 8.76. The molecule has 68 valence electrons. The largest absolute Gasteiger partial charge is 0.0623 e. The summed E-state index contributed by atoms with van der Waals surface area (Å²) in [5, 5.41) is 0. The van der Waals surface area contributed by atoms with Crippen LogP contribution in [-0.2, 0) is 0 Å². The number of hydrogen-bond donors (Lipinski definition) is 0. The van der Waals surface area contributed by atoms with E-state index < -0.39 is 0 Å². The molecule has 14 heavy (non-hydrogen) atoms. The lowest BCUT2D eigenvalue weighted by Gasteiger charge is -1.88. The average Bonchev–Trinajstić information content (AvgIpc) is 2.61. The summed E-state index contributed by atoms with van der Waals surface area (Å²) in [6, 6.07) is 24.8. The summed E-state index contributed by atoms with van der Waals surface area (Å²) in [7, 11) is 0. The molecule has 0 radical (unpaired) electrons. The number of rotatable bonds is 0. The maximum atomic E-state index is 2.12. The van der Waals surface area contributed by atoms with Gasteiger partial charge in [0.05, 0.1) is 0 Å². The molecule has 0 heteroatoms. The molecule has 0 amide bonds. The molecule has 0 N–H and O–H groups in total. The molecular formula is C14H12. The monoisotopic (exact) mass is 180 g/mol. The van der Waals surface area contributed by atoms with E-state index in [-0.39, 0.29) is 0 Å². The molecule has 0 saturated carbocycles. The molecule has 0 atom stereocenters. The zero-order chi connectivity index (χ0) is 9.64. The molecule has 0 aliphatic heterocycles. The Morgan fingerprint density at radius 3 is 1.21 bits per heavy atom. The molecular weight excluding hydrogens is 168 g/mol. The Morgan fingerprint density at radius 2 is 0.714 bits per heavy atom. The highest BCUT2D eigenvalue weighted by Gasteiger charge is 1.93. The molecule has 0 bridgehead atoms. The van der Waals surface area contributed by atoms with E-state index in [9.17, 15) is 0 Å². The van der Waals surface area contributed by atoms with Gasteiger partial charge >= 0.3 is 0 Å². The van der Waals surface area contributed by atoms with Gasteiger partial charge in [-0.2, -0.15) is 0 Å². The molecule has 0 spiro atoms. The van der Waals surface area contributed by atoms with Gasteiger partial charge in [-0.25, -0.2) is 0 Å². The Bertz CT molecular complexity index is 392. The summed E-state index contributed by atoms with van der Waals surface area (Å²) in [4.78, 5) is 0. The van der Waals surface area contributed by atoms with E-state index in [0.717, 1.165) is 0 Å². The van der Waals surface area contributed by atoms with Gasteiger partial charge < -0.3 is 0 Å². The maximum absolute atomic E-state index is 2.12. The van der Waals surface area contributed by atoms with Crippen molar-refractivity contribution in [2.75, 3.05) is 0 Å². The van der Waals surface area contributed by atoms with Crippen molar-refractivity contribution in [3.63, 3.8) is 0 Å². The van der Waals surface area contributed by atoms with Crippen LogP contribution in [0, 0.1) is 0 Å². The smallest absolute Gasteiger partial charge is 0.0184 e. The summed E-state index contributed by atoms with van der Waals surface area (Å²) < 4.78 is 0. The van der Waals surface area contributed by atoms with E-state index in [2.05, 4.69) is 42.5 Å². The highest BCUT2D eigenvalue weighted by Crippen LogP contribution is 2.18. The van der Waals surface area contributed by atoms with Crippen LogP contribution in [0.5, 0.6) is 0 Å². The molecule has 0 aromatic carbocycles. The van der Waals surface area contributed by atoms with Crippen molar-refractivity contribution in [1.82, 2.24) is 0 Å². The van der Waals surface area contributed by atoms with Crippen molar-refractivity contribution in [1.29, 1.82) is 0 Å². The van der Waals surface area contributed by atoms with Gasteiger partial charge in [0.25, 0.3) is 0 Å². The van der Waals surface area contributed by atoms with Crippen molar-refractivity contribution in [2.24, 2.45) is 0 Å². The van der Waals surface area contributed by atoms with E-state index in [1.54, 1.807) is 0 Å². The van der Waals surface area contributed by atoms with Gasteiger partial charge in [0.2, 0.25) is 0 Å². The molecule has 0 aromatic rings. The minimum atomic E-state index is 1.27. The third-order valence-corrected chi connectivity index (χ3v) is 2.10. The third kappa shape index (κ3) is 2.11. The van der Waals surface area contributed by atoms with Gasteiger partial charge in [-0.1, -0.05) is 72.8 Å². The molecule has 2 rings (SSSR count). The van der Waals surface area contributed by atoms with Crippen LogP contribution in [-0.4, -0.2) is 0 Å². The molecule has 2 aliphatic rings. The summed E-state index contributed by atoms with van der Waals surface area (Å²) in [5.74, 6) is 0. The fourth-order valence-electron chi connectivity index (χ4n) is 1.39. The first-order valence-corrected chi connectivity index (χ1v) is 4.74. The maximum Gasteiger partial charge on any atom is -0.0184 e. The minimum absolute atomic E-state index is 1.27. The van der Waals surface area contributed by atoms with Crippen molar-refractivity contribution >= 4 is 0 Å². The average molecular weight is 180 g/mol. The lowest BCUT2D eigenvalue weighted by Crippen LogP contribution is -1.62. The van der Waals surface area contributed by atoms with Gasteiger partial charge in [0, 0.05) is 0 Å². The number of hydrogen-bond acceptors (Lipinski definition) is 0. The Kier molecular flexibility index (Phi) is 2.77. The fraction of sp³-hybridized carbons (Fsp3) is 0. The van der Waals surface area contributed by atoms with Crippen molar-refractivity contribution in [3.05, 3.63) is 72.8 Å². The van der Waals surface area contributed by atoms with Crippen LogP contribution in [0.3, 0.4) is 0 Å². The second-order valence-electron chi connectivity index (χ2n) is 3.12. The summed E-state index contributed by atoms with van der Waals surface area (Å²) in [6.07, 6.45) is 0. The van der Waals surface area contributed by atoms with Gasteiger partial charge in [-0.3, -0.25) is 0 Å². The Hall–Kier alpha value is -1.82. The van der Waals surface area contributed by atoms with Crippen molar-refractivity contribution in [3.8, 4) is 11.1 Å². The first-order valence-electron chi connectivity index (χ1n) is 4.74. The molecule has 0 unspecified atom stereocenters. The van der Waals surface area contributed by atoms with E-state index in [1.165, 1.54) is 11.1 Å². The Labute approximate surface area is 84.5 Å². The van der Waals surface area contributed by atoms with Crippen LogP contribution in [0.25, 0.3) is 11.1 Å². The third-order valence-electron chi connectivity index (χ3n) is 2.10. The van der Waals surface area contributed by atoms with E-state index >= 15 is 0 Å². The van der Waals surface area contributed by atoms with Crippen LogP contribution in [0.15, 0.2) is 72.8 Å². The van der Waals surface area contributed by atoms with E-state index in [1.807, 2.05) is 30.3 Å². The van der Waals surface area contributed by atoms with Gasteiger partial charge in [-0.05, 0) is 11.1 Å². The fourth-order valence-corrected chi connectivity index (χ4v) is 1.39. The highest BCUT2D eigenvalue weighted by molar-refractivity contribution is 5.64. The second-order valence-corrected chi connectivity index (χ2v) is 3.12. The predicted octanol–water partition coefficient (Wildman–Crippen LogP) is 3.92. The Balaban J connectivity index is 2.58. The standard InChI is InChI=1S/C14H12/c1-2-4-6-9-13-11-8-12-14(13)10-7-5-3-1/h1-12H. The normalized spacial score (nSPS) is 9.43. The van der Waals surface area contributed by atoms with Crippen LogP contribution in [0.2, 0.25) is 0 Å². The topological polar surface area (TPSA) is 0 Å². The minimum Gasteiger partial charge on any atom is -0.0623 e. The molecule has 0 heterocycles. The Morgan fingerprint density at radius 1 is 0.357 bits per heavy atom. The molecule has 0 fully saturated rings. The van der Waals surface area contributed by atoms with Crippen LogP contribution in [0.1, 0.15) is 0 Å². The van der Waals surface area contributed by atoms with Crippen LogP contribution < -0.4 is 0 Å². The van der Waals surface area contributed by atoms with Gasteiger partial charge in [-0.15, -0.1) is 0 Å². The summed E-state index contributed by atoms with van der Waals surface area (Å²) >= 11 is 0. The molecule has 0 nitrogen and oxygen atoms in total. The lowest BCUT2D eigenvalue weighted by atomic mass is 10.2. The molecule has 0 saturated heterocycles. The highest BCUT2D eigenvalue weighted by atomic mass is 14.0. The van der Waals surface area contributed by atoms with E-state index in [4.69, 9.17) is 0 Å². The summed E-state index contributed by atoms with van der Waals surface area (Å²) in [5.41, 5.74) is 2.53. The quantitative estimate of drug-likeness (QED) is 0.576. The zero-order valence-electron chi connectivity index (χ0n) is 7.93. The van der Waals surface area contributed by atoms with E-state index in [0.29, 0.717) is 0 Å². The number of fused-ring (bicyclic) bond motifs is 1. The second kappa shape index (κ2) is 4.43. The first-order chi connectivity index (χ1) is 6.97.